The number of halogens is 2. The van der Waals surface area contributed by atoms with Gasteiger partial charge in [0.1, 0.15) is 0 Å². The Morgan fingerprint density at radius 1 is 0.500 bits per heavy atom. The van der Waals surface area contributed by atoms with E-state index in [1.165, 1.54) is 89.9 Å². The van der Waals surface area contributed by atoms with Crippen LogP contribution in [-0.4, -0.2) is 55.7 Å². The van der Waals surface area contributed by atoms with E-state index in [9.17, 15) is 9.59 Å². The van der Waals surface area contributed by atoms with Gasteiger partial charge in [-0.25, -0.2) is 9.97 Å². The number of hydrogen-bond acceptors (Lipinski definition) is 6. The highest BCUT2D eigenvalue weighted by Gasteiger charge is 2.23. The second kappa shape index (κ2) is 28.3. The number of hydrogen-bond donors (Lipinski definition) is 2. The van der Waals surface area contributed by atoms with Crippen molar-refractivity contribution in [2.24, 2.45) is 0 Å². The summed E-state index contributed by atoms with van der Waals surface area (Å²) >= 11 is 7.03. The highest BCUT2D eigenvalue weighted by atomic mass is 79.9. The predicted octanol–water partition coefficient (Wildman–Crippen LogP) is 16.5. The largest absolute Gasteiger partial charge is 0.466 e. The van der Waals surface area contributed by atoms with Gasteiger partial charge in [0.25, 0.3) is 0 Å². The molecule has 5 rings (SSSR count). The van der Waals surface area contributed by atoms with Gasteiger partial charge in [-0.1, -0.05) is 147 Å². The lowest BCUT2D eigenvalue weighted by Crippen LogP contribution is -2.06. The molecule has 0 fully saturated rings. The molecular formula is C56H76Br2N4O4. The summed E-state index contributed by atoms with van der Waals surface area (Å²) in [5.41, 5.74) is 15.1. The molecule has 3 aromatic rings. The average Bonchev–Trinajstić information content (AvgIpc) is 3.97. The maximum atomic E-state index is 13.2. The Hall–Kier alpha value is -4.02. The molecule has 2 N–H and O–H groups in total. The van der Waals surface area contributed by atoms with Crippen molar-refractivity contribution in [2.75, 3.05) is 23.9 Å². The van der Waals surface area contributed by atoms with Crippen molar-refractivity contribution in [3.05, 3.63) is 82.5 Å². The summed E-state index contributed by atoms with van der Waals surface area (Å²) in [5, 5.41) is 2.19. The van der Waals surface area contributed by atoms with E-state index in [0.717, 1.165) is 126 Å². The number of aryl methyl sites for hydroxylation is 2. The van der Waals surface area contributed by atoms with Crippen LogP contribution in [0.2, 0.25) is 0 Å². The SMILES string of the molecule is C=Cc1c(C)c2cc3[nH]c(cc4nc(cc5nc(cc1[nH]2)C(C)=C5CCC(=O)OCCCCCCCCCCCBr)C(CCC(=O)OCCCCCCCCCCCBr)=C4C)c(C)c3C=C. The van der Waals surface area contributed by atoms with Crippen molar-refractivity contribution in [3.8, 4) is 0 Å². The molecule has 0 saturated carbocycles. The molecule has 0 aliphatic carbocycles. The quantitative estimate of drug-likeness (QED) is 0.0391. The number of rotatable bonds is 30. The molecule has 3 aromatic heterocycles. The molecule has 0 atom stereocenters. The van der Waals surface area contributed by atoms with E-state index in [1.54, 1.807) is 0 Å². The van der Waals surface area contributed by atoms with E-state index in [-0.39, 0.29) is 24.8 Å². The van der Waals surface area contributed by atoms with Crippen LogP contribution in [0.5, 0.6) is 0 Å². The number of fused-ring (bicyclic) bond motifs is 8. The zero-order valence-electron chi connectivity index (χ0n) is 40.5. The summed E-state index contributed by atoms with van der Waals surface area (Å²) in [6, 6.07) is 8.35. The van der Waals surface area contributed by atoms with E-state index in [2.05, 4.69) is 101 Å². The molecule has 5 heterocycles. The van der Waals surface area contributed by atoms with Crippen LogP contribution >= 0.6 is 31.9 Å². The Labute approximate surface area is 412 Å². The van der Waals surface area contributed by atoms with Crippen molar-refractivity contribution in [1.82, 2.24) is 19.9 Å². The summed E-state index contributed by atoms with van der Waals surface area (Å²) in [5.74, 6) is -0.387. The molecular weight excluding hydrogens is 952 g/mol. The zero-order valence-corrected chi connectivity index (χ0v) is 43.7. The fourth-order valence-electron chi connectivity index (χ4n) is 9.14. The lowest BCUT2D eigenvalue weighted by Gasteiger charge is -2.08. The molecule has 0 radical (unpaired) electrons. The number of alkyl halides is 2. The first-order valence-electron chi connectivity index (χ1n) is 24.9. The van der Waals surface area contributed by atoms with Crippen molar-refractivity contribution < 1.29 is 19.1 Å². The van der Waals surface area contributed by atoms with Gasteiger partial charge in [-0.15, -0.1) is 0 Å². The third kappa shape index (κ3) is 15.5. The molecule has 66 heavy (non-hydrogen) atoms. The molecule has 2 aliphatic heterocycles. The first-order valence-corrected chi connectivity index (χ1v) is 27.2. The number of ether oxygens (including phenoxy) is 2. The van der Waals surface area contributed by atoms with Crippen LogP contribution in [0.25, 0.3) is 56.5 Å². The van der Waals surface area contributed by atoms with Gasteiger partial charge in [-0.2, -0.15) is 0 Å². The summed E-state index contributed by atoms with van der Waals surface area (Å²) in [7, 11) is 0. The second-order valence-electron chi connectivity index (χ2n) is 18.1. The first-order chi connectivity index (χ1) is 32.1. The van der Waals surface area contributed by atoms with Crippen LogP contribution < -0.4 is 0 Å². The summed E-state index contributed by atoms with van der Waals surface area (Å²) in [6.45, 7) is 17.6. The molecule has 0 unspecified atom stereocenters. The zero-order chi connectivity index (χ0) is 47.3. The monoisotopic (exact) mass is 1030 g/mol. The molecule has 0 amide bonds. The van der Waals surface area contributed by atoms with E-state index in [4.69, 9.17) is 19.4 Å². The molecule has 0 aromatic carbocycles. The Balaban J connectivity index is 1.37. The number of carbonyl (C=O) groups excluding carboxylic acids is 2. The number of aromatic amines is 2. The number of allylic oxidation sites excluding steroid dienone is 4. The number of nitrogens with zero attached hydrogens (tertiary/aromatic N) is 2. The lowest BCUT2D eigenvalue weighted by molar-refractivity contribution is -0.144. The van der Waals surface area contributed by atoms with Crippen LogP contribution in [0, 0.1) is 13.8 Å². The molecule has 358 valence electrons. The Kier molecular flexibility index (Phi) is 22.7. The van der Waals surface area contributed by atoms with E-state index < -0.39 is 0 Å². The van der Waals surface area contributed by atoms with Crippen LogP contribution in [0.4, 0.5) is 0 Å². The minimum atomic E-state index is -0.194. The van der Waals surface area contributed by atoms with Gasteiger partial charge in [-0.05, 0) is 124 Å². The van der Waals surface area contributed by atoms with Gasteiger partial charge < -0.3 is 19.4 Å². The van der Waals surface area contributed by atoms with Crippen molar-refractivity contribution in [3.63, 3.8) is 0 Å². The highest BCUT2D eigenvalue weighted by molar-refractivity contribution is 9.09. The van der Waals surface area contributed by atoms with Gasteiger partial charge in [0.2, 0.25) is 0 Å². The molecule has 10 heteroatoms. The van der Waals surface area contributed by atoms with Crippen molar-refractivity contribution in [1.29, 1.82) is 0 Å². The molecule has 2 aliphatic rings. The topological polar surface area (TPSA) is 110 Å². The Morgan fingerprint density at radius 3 is 1.24 bits per heavy atom. The third-order valence-electron chi connectivity index (χ3n) is 13.3. The number of esters is 2. The smallest absolute Gasteiger partial charge is 0.306 e. The average molecular weight is 1030 g/mol. The van der Waals surface area contributed by atoms with Gasteiger partial charge in [0.05, 0.1) is 36.0 Å². The maximum Gasteiger partial charge on any atom is 0.306 e. The van der Waals surface area contributed by atoms with E-state index >= 15 is 0 Å². The first kappa shape index (κ1) is 52.9. The van der Waals surface area contributed by atoms with E-state index in [0.29, 0.717) is 26.1 Å². The summed E-state index contributed by atoms with van der Waals surface area (Å²) < 4.78 is 11.5. The van der Waals surface area contributed by atoms with Crippen molar-refractivity contribution >= 4 is 100 Å². The second-order valence-corrected chi connectivity index (χ2v) is 19.7. The van der Waals surface area contributed by atoms with Gasteiger partial charge >= 0.3 is 11.9 Å². The van der Waals surface area contributed by atoms with Crippen LogP contribution in [0.15, 0.2) is 37.4 Å². The Bertz CT molecular complexity index is 2350. The molecule has 0 saturated heterocycles. The number of unbranched alkanes of at least 4 members (excludes halogenated alkanes) is 16. The van der Waals surface area contributed by atoms with Crippen molar-refractivity contribution in [2.45, 2.75) is 169 Å². The maximum absolute atomic E-state index is 13.2. The molecule has 0 spiro atoms. The normalized spacial score (nSPS) is 12.6. The third-order valence-corrected chi connectivity index (χ3v) is 14.4. The van der Waals surface area contributed by atoms with Gasteiger partial charge in [0.15, 0.2) is 0 Å². The standard InChI is InChI=1S/C56H76Br2N4O4/c1-7-43-39(3)47-35-48-41(5)45(27-29-55(63)65-33-25-21-17-13-9-11-15-19-23-31-57)53(61-48)38-54-46(28-30-56(64)66-34-26-22-18-14-10-12-16-20-24-32-58)42(6)50(62-54)37-52-44(8-2)40(4)49(60-52)36-51(43)59-47/h7-8,35-38,59-60H,1-2,9-34H2,3-6H3. The number of carbonyl (C=O) groups is 2. The number of aromatic nitrogens is 4. The predicted molar refractivity (Wildman–Crippen MR) is 287 cm³/mol. The lowest BCUT2D eigenvalue weighted by atomic mass is 9.98. The van der Waals surface area contributed by atoms with Gasteiger partial charge in [0, 0.05) is 56.7 Å². The van der Waals surface area contributed by atoms with E-state index in [1.807, 2.05) is 18.2 Å². The minimum absolute atomic E-state index is 0.193. The van der Waals surface area contributed by atoms with Crippen LogP contribution in [0.1, 0.15) is 200 Å². The Morgan fingerprint density at radius 2 is 0.848 bits per heavy atom. The number of nitrogens with one attached hydrogen (secondary N) is 2. The van der Waals surface area contributed by atoms with Crippen LogP contribution in [0.3, 0.4) is 0 Å². The summed E-state index contributed by atoms with van der Waals surface area (Å²) in [6.07, 6.45) is 26.9. The van der Waals surface area contributed by atoms with Gasteiger partial charge in [-0.3, -0.25) is 9.59 Å². The number of H-pyrrole nitrogens is 2. The minimum Gasteiger partial charge on any atom is -0.466 e. The molecule has 8 nitrogen and oxygen atoms in total. The van der Waals surface area contributed by atoms with Crippen LogP contribution in [-0.2, 0) is 19.1 Å². The molecule has 8 bridgehead atoms. The highest BCUT2D eigenvalue weighted by Crippen LogP contribution is 2.38. The summed E-state index contributed by atoms with van der Waals surface area (Å²) in [4.78, 5) is 44.2. The fraction of sp³-hybridized carbons (Fsp3) is 0.536. The fourth-order valence-corrected chi connectivity index (χ4v) is 9.93.